The second kappa shape index (κ2) is 7.89. The fourth-order valence-electron chi connectivity index (χ4n) is 2.15. The molecule has 0 aliphatic carbocycles. The molecule has 0 bridgehead atoms. The Morgan fingerprint density at radius 1 is 1.42 bits per heavy atom. The normalized spacial score (nSPS) is 17.2. The van der Waals surface area contributed by atoms with Gasteiger partial charge in [0.05, 0.1) is 16.5 Å². The van der Waals surface area contributed by atoms with Crippen LogP contribution in [0, 0.1) is 0 Å². The first-order chi connectivity index (χ1) is 11.3. The van der Waals surface area contributed by atoms with Gasteiger partial charge in [0.1, 0.15) is 0 Å². The number of thioether (sulfide) groups is 1. The molecule has 0 saturated heterocycles. The lowest BCUT2D eigenvalue weighted by atomic mass is 10.1. The molecule has 2 N–H and O–H groups in total. The predicted octanol–water partition coefficient (Wildman–Crippen LogP) is 2.66. The van der Waals surface area contributed by atoms with Crippen molar-refractivity contribution in [3.05, 3.63) is 23.8 Å². The summed E-state index contributed by atoms with van der Waals surface area (Å²) < 4.78 is 43.0. The minimum atomic E-state index is -4.47. The van der Waals surface area contributed by atoms with Gasteiger partial charge in [-0.2, -0.15) is 13.2 Å². The molecule has 0 spiro atoms. The molecule has 1 aromatic carbocycles. The van der Waals surface area contributed by atoms with Crippen LogP contribution in [-0.2, 0) is 20.5 Å². The summed E-state index contributed by atoms with van der Waals surface area (Å²) in [5.74, 6) is -0.756. The Morgan fingerprint density at radius 2 is 2.17 bits per heavy atom. The molecule has 0 aromatic heterocycles. The molecule has 1 aliphatic heterocycles. The molecule has 0 saturated carbocycles. The number of hydrogen-bond donors (Lipinski definition) is 2. The Labute approximate surface area is 141 Å². The van der Waals surface area contributed by atoms with Crippen molar-refractivity contribution in [2.75, 3.05) is 25.6 Å². The van der Waals surface area contributed by atoms with Crippen molar-refractivity contribution < 1.29 is 27.5 Å². The van der Waals surface area contributed by atoms with E-state index in [0.717, 1.165) is 23.9 Å². The fourth-order valence-corrected chi connectivity index (χ4v) is 3.24. The molecular weight excluding hydrogens is 345 g/mol. The highest BCUT2D eigenvalue weighted by Crippen LogP contribution is 2.40. The van der Waals surface area contributed by atoms with Gasteiger partial charge in [-0.3, -0.25) is 9.59 Å². The van der Waals surface area contributed by atoms with E-state index in [4.69, 9.17) is 4.74 Å². The molecule has 5 nitrogen and oxygen atoms in total. The van der Waals surface area contributed by atoms with Crippen LogP contribution >= 0.6 is 11.8 Å². The van der Waals surface area contributed by atoms with Crippen LogP contribution in [0.4, 0.5) is 18.9 Å². The summed E-state index contributed by atoms with van der Waals surface area (Å²) in [7, 11) is 1.56. The molecule has 1 heterocycles. The Balaban J connectivity index is 1.97. The average Bonchev–Trinajstić information content (AvgIpc) is 2.51. The Bertz CT molecular complexity index is 622. The largest absolute Gasteiger partial charge is 0.416 e. The van der Waals surface area contributed by atoms with Crippen molar-refractivity contribution >= 4 is 29.3 Å². The number of carbonyl (C=O) groups is 2. The first-order valence-corrected chi connectivity index (χ1v) is 8.13. The maximum absolute atomic E-state index is 12.7. The minimum absolute atomic E-state index is 0.0378. The number of halogens is 3. The van der Waals surface area contributed by atoms with Crippen LogP contribution in [0.5, 0.6) is 0 Å². The zero-order chi connectivity index (χ0) is 17.7. The van der Waals surface area contributed by atoms with Crippen LogP contribution in [0.2, 0.25) is 0 Å². The molecule has 2 amide bonds. The van der Waals surface area contributed by atoms with E-state index < -0.39 is 22.9 Å². The van der Waals surface area contributed by atoms with Crippen molar-refractivity contribution in [1.29, 1.82) is 0 Å². The predicted molar refractivity (Wildman–Crippen MR) is 83.8 cm³/mol. The van der Waals surface area contributed by atoms with Crippen LogP contribution in [0.3, 0.4) is 0 Å². The van der Waals surface area contributed by atoms with E-state index in [1.54, 1.807) is 7.11 Å². The zero-order valence-corrected chi connectivity index (χ0v) is 13.7. The maximum atomic E-state index is 12.7. The van der Waals surface area contributed by atoms with Gasteiger partial charge >= 0.3 is 6.18 Å². The van der Waals surface area contributed by atoms with Crippen molar-refractivity contribution in [3.8, 4) is 0 Å². The van der Waals surface area contributed by atoms with Crippen molar-refractivity contribution in [2.45, 2.75) is 29.2 Å². The monoisotopic (exact) mass is 362 g/mol. The van der Waals surface area contributed by atoms with E-state index in [2.05, 4.69) is 10.6 Å². The van der Waals surface area contributed by atoms with Gasteiger partial charge in [-0.05, 0) is 24.6 Å². The van der Waals surface area contributed by atoms with Gasteiger partial charge in [0.15, 0.2) is 0 Å². The standard InChI is InChI=1S/C15H17F3N2O3S/c1-23-6-2-5-19-13(21)8-12-14(22)20-10-7-9(15(16,17)18)3-4-11(10)24-12/h3-4,7,12H,2,5-6,8H2,1H3,(H,19,21)(H,20,22). The number of fused-ring (bicyclic) bond motifs is 1. The van der Waals surface area contributed by atoms with E-state index in [1.165, 1.54) is 6.07 Å². The summed E-state index contributed by atoms with van der Waals surface area (Å²) in [6, 6.07) is 3.18. The second-order valence-corrected chi connectivity index (χ2v) is 6.45. The molecular formula is C15H17F3N2O3S. The summed E-state index contributed by atoms with van der Waals surface area (Å²) >= 11 is 1.09. The van der Waals surface area contributed by atoms with E-state index >= 15 is 0 Å². The third kappa shape index (κ3) is 4.88. The van der Waals surface area contributed by atoms with Gasteiger partial charge in [0.25, 0.3) is 0 Å². The number of amides is 2. The van der Waals surface area contributed by atoms with Crippen molar-refractivity contribution in [2.24, 2.45) is 0 Å². The molecule has 1 aromatic rings. The molecule has 24 heavy (non-hydrogen) atoms. The number of rotatable bonds is 6. The van der Waals surface area contributed by atoms with Crippen LogP contribution in [0.15, 0.2) is 23.1 Å². The summed E-state index contributed by atoms with van der Waals surface area (Å²) in [5, 5.41) is 4.45. The molecule has 0 radical (unpaired) electrons. The lowest BCUT2D eigenvalue weighted by Gasteiger charge is -2.24. The maximum Gasteiger partial charge on any atom is 0.416 e. The Morgan fingerprint density at radius 3 is 2.83 bits per heavy atom. The smallest absolute Gasteiger partial charge is 0.385 e. The lowest BCUT2D eigenvalue weighted by Crippen LogP contribution is -2.35. The molecule has 2 rings (SSSR count). The van der Waals surface area contributed by atoms with Crippen molar-refractivity contribution in [1.82, 2.24) is 5.32 Å². The van der Waals surface area contributed by atoms with Crippen LogP contribution < -0.4 is 10.6 Å². The number of alkyl halides is 3. The first kappa shape index (κ1) is 18.6. The third-order valence-electron chi connectivity index (χ3n) is 3.34. The summed E-state index contributed by atoms with van der Waals surface area (Å²) in [6.07, 6.45) is -3.84. The number of anilines is 1. The third-order valence-corrected chi connectivity index (χ3v) is 4.62. The quantitative estimate of drug-likeness (QED) is 0.764. The van der Waals surface area contributed by atoms with Crippen LogP contribution in [-0.4, -0.2) is 37.3 Å². The number of benzene rings is 1. The average molecular weight is 362 g/mol. The van der Waals surface area contributed by atoms with E-state index in [0.29, 0.717) is 24.5 Å². The fraction of sp³-hybridized carbons (Fsp3) is 0.467. The molecule has 9 heteroatoms. The van der Waals surface area contributed by atoms with Gasteiger partial charge < -0.3 is 15.4 Å². The number of carbonyl (C=O) groups excluding carboxylic acids is 2. The zero-order valence-electron chi connectivity index (χ0n) is 12.9. The number of methoxy groups -OCH3 is 1. The minimum Gasteiger partial charge on any atom is -0.385 e. The first-order valence-electron chi connectivity index (χ1n) is 7.25. The number of hydrogen-bond acceptors (Lipinski definition) is 4. The molecule has 1 atom stereocenters. The highest BCUT2D eigenvalue weighted by Gasteiger charge is 2.34. The molecule has 132 valence electrons. The highest BCUT2D eigenvalue weighted by atomic mass is 32.2. The van der Waals surface area contributed by atoms with Crippen LogP contribution in [0.1, 0.15) is 18.4 Å². The van der Waals surface area contributed by atoms with Gasteiger partial charge in [-0.1, -0.05) is 0 Å². The summed E-state index contributed by atoms with van der Waals surface area (Å²) in [4.78, 5) is 24.4. The van der Waals surface area contributed by atoms with Crippen molar-refractivity contribution in [3.63, 3.8) is 0 Å². The Kier molecular flexibility index (Phi) is 6.11. The molecule has 1 aliphatic rings. The Hall–Kier alpha value is -1.74. The number of nitrogens with one attached hydrogen (secondary N) is 2. The summed E-state index contributed by atoms with van der Waals surface area (Å²) in [6.45, 7) is 0.963. The van der Waals surface area contributed by atoms with Gasteiger partial charge in [0.2, 0.25) is 11.8 Å². The lowest BCUT2D eigenvalue weighted by molar-refractivity contribution is -0.137. The van der Waals surface area contributed by atoms with Gasteiger partial charge in [-0.15, -0.1) is 11.8 Å². The van der Waals surface area contributed by atoms with E-state index in [-0.39, 0.29) is 18.0 Å². The SMILES string of the molecule is COCCCNC(=O)CC1Sc2ccc(C(F)(F)F)cc2NC1=O. The second-order valence-electron chi connectivity index (χ2n) is 5.20. The topological polar surface area (TPSA) is 67.4 Å². The summed E-state index contributed by atoms with van der Waals surface area (Å²) in [5.41, 5.74) is -0.701. The molecule has 0 fully saturated rings. The van der Waals surface area contributed by atoms with Gasteiger partial charge in [0, 0.05) is 31.6 Å². The van der Waals surface area contributed by atoms with E-state index in [9.17, 15) is 22.8 Å². The molecule has 1 unspecified atom stereocenters. The van der Waals surface area contributed by atoms with Crippen LogP contribution in [0.25, 0.3) is 0 Å². The highest BCUT2D eigenvalue weighted by molar-refractivity contribution is 8.01. The number of ether oxygens (including phenoxy) is 1. The van der Waals surface area contributed by atoms with Gasteiger partial charge in [-0.25, -0.2) is 0 Å². The van der Waals surface area contributed by atoms with E-state index in [1.807, 2.05) is 0 Å².